The molecule has 1 aromatic carbocycles. The van der Waals surface area contributed by atoms with Gasteiger partial charge in [-0.05, 0) is 18.7 Å². The van der Waals surface area contributed by atoms with Crippen molar-refractivity contribution in [2.24, 2.45) is 0 Å². The van der Waals surface area contributed by atoms with E-state index in [0.29, 0.717) is 5.02 Å². The minimum atomic E-state index is 0.0260. The summed E-state index contributed by atoms with van der Waals surface area (Å²) < 4.78 is 0. The lowest BCUT2D eigenvalue weighted by atomic mass is 10.1. The zero-order valence-corrected chi connectivity index (χ0v) is 12.9. The van der Waals surface area contributed by atoms with E-state index in [9.17, 15) is 0 Å². The van der Waals surface area contributed by atoms with Crippen molar-refractivity contribution in [1.82, 2.24) is 20.5 Å². The Kier molecular flexibility index (Phi) is 4.24. The molecule has 0 fully saturated rings. The van der Waals surface area contributed by atoms with E-state index < -0.39 is 0 Å². The van der Waals surface area contributed by atoms with Crippen molar-refractivity contribution in [3.63, 3.8) is 0 Å². The van der Waals surface area contributed by atoms with Gasteiger partial charge in [-0.2, -0.15) is 0 Å². The van der Waals surface area contributed by atoms with E-state index in [1.54, 1.807) is 12.4 Å². The Morgan fingerprint density at radius 2 is 1.95 bits per heavy atom. The topological polar surface area (TPSA) is 50.7 Å². The molecule has 0 radical (unpaired) electrons. The first kappa shape index (κ1) is 14.1. The lowest BCUT2D eigenvalue weighted by molar-refractivity contribution is 0.678. The van der Waals surface area contributed by atoms with E-state index in [1.807, 2.05) is 31.3 Å². The van der Waals surface area contributed by atoms with Crippen LogP contribution in [0.1, 0.15) is 16.6 Å². The zero-order valence-electron chi connectivity index (χ0n) is 11.3. The molecule has 1 atom stereocenters. The summed E-state index contributed by atoms with van der Waals surface area (Å²) in [6.07, 6.45) is 3.32. The predicted molar refractivity (Wildman–Crippen MR) is 85.5 cm³/mol. The molecule has 3 aromatic rings. The molecule has 1 N–H and O–H groups in total. The van der Waals surface area contributed by atoms with Crippen molar-refractivity contribution in [2.45, 2.75) is 6.04 Å². The van der Waals surface area contributed by atoms with Crippen LogP contribution in [-0.4, -0.2) is 22.2 Å². The largest absolute Gasteiger partial charge is 0.307 e. The van der Waals surface area contributed by atoms with Crippen LogP contribution in [0.5, 0.6) is 0 Å². The molecule has 21 heavy (non-hydrogen) atoms. The summed E-state index contributed by atoms with van der Waals surface area (Å²) in [4.78, 5) is 3.99. The van der Waals surface area contributed by atoms with Crippen LogP contribution in [0.25, 0.3) is 10.6 Å². The molecule has 0 saturated carbocycles. The van der Waals surface area contributed by atoms with E-state index in [0.717, 1.165) is 21.1 Å². The normalized spacial score (nSPS) is 12.3. The number of hydrogen-bond donors (Lipinski definition) is 1. The maximum atomic E-state index is 6.16. The molecule has 4 nitrogen and oxygen atoms in total. The third-order valence-corrected chi connectivity index (χ3v) is 4.43. The summed E-state index contributed by atoms with van der Waals surface area (Å²) in [7, 11) is 1.91. The van der Waals surface area contributed by atoms with E-state index in [-0.39, 0.29) is 6.04 Å². The quantitative estimate of drug-likeness (QED) is 0.799. The molecule has 1 unspecified atom stereocenters. The monoisotopic (exact) mass is 316 g/mol. The van der Waals surface area contributed by atoms with Gasteiger partial charge in [0.05, 0.1) is 11.1 Å². The third kappa shape index (κ3) is 2.95. The zero-order chi connectivity index (χ0) is 14.7. The molecule has 106 valence electrons. The molecule has 0 amide bonds. The fraction of sp³-hybridized carbons (Fsp3) is 0.133. The molecular formula is C15H13ClN4S. The lowest BCUT2D eigenvalue weighted by Crippen LogP contribution is -2.17. The minimum Gasteiger partial charge on any atom is -0.307 e. The first-order valence-electron chi connectivity index (χ1n) is 6.45. The second-order valence-corrected chi connectivity index (χ2v) is 5.85. The molecule has 0 spiro atoms. The molecular weight excluding hydrogens is 304 g/mol. The van der Waals surface area contributed by atoms with Crippen LogP contribution in [-0.2, 0) is 0 Å². The summed E-state index contributed by atoms with van der Waals surface area (Å²) in [5.74, 6) is 0. The molecule has 6 heteroatoms. The lowest BCUT2D eigenvalue weighted by Gasteiger charge is -2.12. The molecule has 0 bridgehead atoms. The molecule has 2 aromatic heterocycles. The summed E-state index contributed by atoms with van der Waals surface area (Å²) in [6, 6.07) is 12.0. The summed E-state index contributed by atoms with van der Waals surface area (Å²) in [5, 5.41) is 14.1. The predicted octanol–water partition coefficient (Wildman–Crippen LogP) is 3.56. The number of aromatic nitrogens is 3. The highest BCUT2D eigenvalue weighted by Gasteiger charge is 2.18. The summed E-state index contributed by atoms with van der Waals surface area (Å²) >= 11 is 7.69. The van der Waals surface area contributed by atoms with Crippen molar-refractivity contribution < 1.29 is 0 Å². The van der Waals surface area contributed by atoms with Gasteiger partial charge in [0, 0.05) is 18.0 Å². The standard InChI is InChI=1S/C15H13ClN4S/c1-17-13(10-5-3-2-4-6-10)15-20-19-14(21-15)11-7-8-18-9-12(11)16/h2-9,13,17H,1H3. The van der Waals surface area contributed by atoms with Gasteiger partial charge in [-0.3, -0.25) is 4.98 Å². The number of hydrogen-bond acceptors (Lipinski definition) is 5. The second-order valence-electron chi connectivity index (χ2n) is 4.43. The van der Waals surface area contributed by atoms with E-state index in [4.69, 9.17) is 11.6 Å². The van der Waals surface area contributed by atoms with E-state index in [2.05, 4.69) is 32.6 Å². The van der Waals surface area contributed by atoms with E-state index in [1.165, 1.54) is 11.3 Å². The van der Waals surface area contributed by atoms with Gasteiger partial charge in [0.25, 0.3) is 0 Å². The Bertz CT molecular complexity index is 729. The van der Waals surface area contributed by atoms with Crippen LogP contribution >= 0.6 is 22.9 Å². The van der Waals surface area contributed by atoms with Crippen molar-refractivity contribution in [2.75, 3.05) is 7.05 Å². The Labute approximate surface area is 131 Å². The first-order valence-corrected chi connectivity index (χ1v) is 7.64. The third-order valence-electron chi connectivity index (χ3n) is 3.11. The van der Waals surface area contributed by atoms with E-state index >= 15 is 0 Å². The number of halogens is 1. The Morgan fingerprint density at radius 1 is 1.14 bits per heavy atom. The molecule has 0 saturated heterocycles. The van der Waals surface area contributed by atoms with Crippen LogP contribution in [0.4, 0.5) is 0 Å². The second kappa shape index (κ2) is 6.30. The van der Waals surface area contributed by atoms with Crippen LogP contribution < -0.4 is 5.32 Å². The van der Waals surface area contributed by atoms with Crippen molar-refractivity contribution >= 4 is 22.9 Å². The minimum absolute atomic E-state index is 0.0260. The van der Waals surface area contributed by atoms with Gasteiger partial charge in [-0.25, -0.2) is 0 Å². The van der Waals surface area contributed by atoms with Crippen molar-refractivity contribution in [1.29, 1.82) is 0 Å². The van der Waals surface area contributed by atoms with Crippen LogP contribution in [0, 0.1) is 0 Å². The van der Waals surface area contributed by atoms with Gasteiger partial charge in [-0.15, -0.1) is 10.2 Å². The average Bonchev–Trinajstić information content (AvgIpc) is 2.99. The van der Waals surface area contributed by atoms with Gasteiger partial charge in [0.15, 0.2) is 0 Å². The fourth-order valence-electron chi connectivity index (χ4n) is 2.09. The molecule has 3 rings (SSSR count). The highest BCUT2D eigenvalue weighted by molar-refractivity contribution is 7.14. The smallest absolute Gasteiger partial charge is 0.149 e. The van der Waals surface area contributed by atoms with Gasteiger partial charge in [-0.1, -0.05) is 53.3 Å². The van der Waals surface area contributed by atoms with Gasteiger partial charge in [0.2, 0.25) is 0 Å². The molecule has 0 aliphatic rings. The average molecular weight is 317 g/mol. The number of nitrogens with one attached hydrogen (secondary N) is 1. The number of benzene rings is 1. The molecule has 0 aliphatic carbocycles. The highest BCUT2D eigenvalue weighted by Crippen LogP contribution is 2.32. The highest BCUT2D eigenvalue weighted by atomic mass is 35.5. The maximum Gasteiger partial charge on any atom is 0.149 e. The number of pyridine rings is 1. The van der Waals surface area contributed by atoms with Gasteiger partial charge in [0.1, 0.15) is 10.0 Å². The number of rotatable bonds is 4. The molecule has 0 aliphatic heterocycles. The summed E-state index contributed by atoms with van der Waals surface area (Å²) in [6.45, 7) is 0. The fourth-order valence-corrected chi connectivity index (χ4v) is 3.37. The van der Waals surface area contributed by atoms with Gasteiger partial charge >= 0.3 is 0 Å². The molecule has 2 heterocycles. The number of nitrogens with zero attached hydrogens (tertiary/aromatic N) is 3. The van der Waals surface area contributed by atoms with Crippen LogP contribution in [0.2, 0.25) is 5.02 Å². The van der Waals surface area contributed by atoms with Crippen molar-refractivity contribution in [3.05, 3.63) is 64.4 Å². The Balaban J connectivity index is 1.96. The SMILES string of the molecule is CNC(c1ccccc1)c1nnc(-c2ccncc2Cl)s1. The van der Waals surface area contributed by atoms with Gasteiger partial charge < -0.3 is 5.32 Å². The van der Waals surface area contributed by atoms with Crippen LogP contribution in [0.3, 0.4) is 0 Å². The summed E-state index contributed by atoms with van der Waals surface area (Å²) in [5.41, 5.74) is 2.02. The van der Waals surface area contributed by atoms with Crippen LogP contribution in [0.15, 0.2) is 48.8 Å². The first-order chi connectivity index (χ1) is 10.3. The van der Waals surface area contributed by atoms with Crippen molar-refractivity contribution in [3.8, 4) is 10.6 Å². The maximum absolute atomic E-state index is 6.16. The Hall–Kier alpha value is -1.82. The Morgan fingerprint density at radius 3 is 2.67 bits per heavy atom.